The Morgan fingerprint density at radius 3 is 2.46 bits per heavy atom. The molecule has 0 saturated heterocycles. The van der Waals surface area contributed by atoms with Crippen LogP contribution in [0, 0.1) is 6.92 Å². The third-order valence-corrected chi connectivity index (χ3v) is 4.89. The molecule has 0 radical (unpaired) electrons. The Balaban J connectivity index is 2.08. The van der Waals surface area contributed by atoms with Crippen LogP contribution >= 0.6 is 11.6 Å². The zero-order valence-electron chi connectivity index (χ0n) is 15.4. The Kier molecular flexibility index (Phi) is 4.60. The summed E-state index contributed by atoms with van der Waals surface area (Å²) in [7, 11) is 0. The van der Waals surface area contributed by atoms with Gasteiger partial charge in [-0.3, -0.25) is 14.3 Å². The van der Waals surface area contributed by atoms with Crippen LogP contribution in [0.4, 0.5) is 0 Å². The minimum absolute atomic E-state index is 0.356. The predicted octanol–water partition coefficient (Wildman–Crippen LogP) is 2.98. The molecule has 0 amide bonds. The van der Waals surface area contributed by atoms with E-state index in [1.165, 1.54) is 4.57 Å². The second-order valence-electron chi connectivity index (χ2n) is 6.45. The second-order valence-corrected chi connectivity index (χ2v) is 6.84. The molecule has 0 aliphatic carbocycles. The van der Waals surface area contributed by atoms with E-state index in [0.717, 1.165) is 11.1 Å². The molecule has 4 rings (SSSR count). The number of aromatic nitrogens is 5. The van der Waals surface area contributed by atoms with Crippen molar-refractivity contribution < 1.29 is 0 Å². The maximum absolute atomic E-state index is 12.7. The van der Waals surface area contributed by atoms with Gasteiger partial charge in [0.25, 0.3) is 5.56 Å². The van der Waals surface area contributed by atoms with Crippen LogP contribution in [0.1, 0.15) is 18.2 Å². The lowest BCUT2D eigenvalue weighted by atomic mass is 10.2. The Labute approximate surface area is 165 Å². The third kappa shape index (κ3) is 3.03. The van der Waals surface area contributed by atoms with Crippen LogP contribution in [0.15, 0.2) is 52.1 Å². The number of H-pyrrole nitrogens is 1. The van der Waals surface area contributed by atoms with E-state index in [4.69, 9.17) is 11.6 Å². The van der Waals surface area contributed by atoms with Crippen molar-refractivity contribution in [3.8, 4) is 11.4 Å². The summed E-state index contributed by atoms with van der Waals surface area (Å²) in [6.07, 6.45) is 0. The van der Waals surface area contributed by atoms with Gasteiger partial charge in [0.1, 0.15) is 11.0 Å². The topological polar surface area (TPSA) is 85.6 Å². The Morgan fingerprint density at radius 1 is 1.04 bits per heavy atom. The number of fused-ring (bicyclic) bond motifs is 1. The number of aryl methyl sites for hydroxylation is 2. The normalized spacial score (nSPS) is 11.2. The van der Waals surface area contributed by atoms with Gasteiger partial charge in [0, 0.05) is 24.3 Å². The van der Waals surface area contributed by atoms with Gasteiger partial charge in [-0.15, -0.1) is 0 Å². The van der Waals surface area contributed by atoms with E-state index in [-0.39, 0.29) is 0 Å². The van der Waals surface area contributed by atoms with Gasteiger partial charge in [-0.2, -0.15) is 0 Å². The molecule has 3 heterocycles. The summed E-state index contributed by atoms with van der Waals surface area (Å²) < 4.78 is 3.29. The standard InChI is InChI=1S/C20H18ClN5O2/c1-3-25-18-16(19(27)24-20(25)28)26(11-13-7-5-4-6-8-13)17(23-18)14-9-10-15(21)22-12(14)2/h4-10H,3,11H2,1-2H3,(H,24,27,28). The lowest BCUT2D eigenvalue weighted by Crippen LogP contribution is -2.30. The van der Waals surface area contributed by atoms with Crippen LogP contribution in [0.2, 0.25) is 5.15 Å². The summed E-state index contributed by atoms with van der Waals surface area (Å²) in [5.74, 6) is 0.568. The number of halogens is 1. The molecule has 0 atom stereocenters. The maximum atomic E-state index is 12.7. The highest BCUT2D eigenvalue weighted by Gasteiger charge is 2.20. The molecule has 4 aromatic rings. The number of benzene rings is 1. The largest absolute Gasteiger partial charge is 0.330 e. The SMILES string of the molecule is CCn1c(=O)[nH]c(=O)c2c1nc(-c1ccc(Cl)nc1C)n2Cc1ccccc1. The summed E-state index contributed by atoms with van der Waals surface area (Å²) in [4.78, 5) is 36.3. The number of nitrogens with one attached hydrogen (secondary N) is 1. The lowest BCUT2D eigenvalue weighted by Gasteiger charge is -2.11. The fourth-order valence-corrected chi connectivity index (χ4v) is 3.55. The van der Waals surface area contributed by atoms with Crippen molar-refractivity contribution in [3.63, 3.8) is 0 Å². The molecule has 3 aromatic heterocycles. The molecule has 0 unspecified atom stereocenters. The molecule has 0 aliphatic rings. The molecule has 0 aliphatic heterocycles. The van der Waals surface area contributed by atoms with Crippen molar-refractivity contribution in [3.05, 3.63) is 79.7 Å². The fourth-order valence-electron chi connectivity index (χ4n) is 3.36. The third-order valence-electron chi connectivity index (χ3n) is 4.68. The number of pyridine rings is 1. The highest BCUT2D eigenvalue weighted by atomic mass is 35.5. The zero-order valence-corrected chi connectivity index (χ0v) is 16.2. The number of nitrogens with zero attached hydrogens (tertiary/aromatic N) is 4. The van der Waals surface area contributed by atoms with Gasteiger partial charge in [-0.05, 0) is 31.5 Å². The summed E-state index contributed by atoms with van der Waals surface area (Å²) in [6, 6.07) is 13.3. The molecule has 1 aromatic carbocycles. The number of aromatic amines is 1. The Morgan fingerprint density at radius 2 is 1.79 bits per heavy atom. The van der Waals surface area contributed by atoms with Gasteiger partial charge in [0.05, 0.1) is 0 Å². The maximum Gasteiger partial charge on any atom is 0.330 e. The first-order valence-corrected chi connectivity index (χ1v) is 9.28. The smallest absolute Gasteiger partial charge is 0.314 e. The summed E-state index contributed by atoms with van der Waals surface area (Å²) in [5, 5.41) is 0.385. The van der Waals surface area contributed by atoms with Crippen LogP contribution in [-0.4, -0.2) is 24.1 Å². The van der Waals surface area contributed by atoms with Crippen molar-refractivity contribution in [2.45, 2.75) is 26.9 Å². The van der Waals surface area contributed by atoms with Crippen molar-refractivity contribution in [1.82, 2.24) is 24.1 Å². The van der Waals surface area contributed by atoms with Crippen LogP contribution < -0.4 is 11.2 Å². The summed E-state index contributed by atoms with van der Waals surface area (Å²) in [5.41, 5.74) is 2.24. The van der Waals surface area contributed by atoms with Crippen molar-refractivity contribution >= 4 is 22.8 Å². The van der Waals surface area contributed by atoms with E-state index >= 15 is 0 Å². The van der Waals surface area contributed by atoms with Crippen LogP contribution in [0.5, 0.6) is 0 Å². The zero-order chi connectivity index (χ0) is 19.8. The highest BCUT2D eigenvalue weighted by Crippen LogP contribution is 2.26. The molecular formula is C20H18ClN5O2. The van der Waals surface area contributed by atoms with E-state index < -0.39 is 11.2 Å². The Bertz CT molecular complexity index is 1290. The van der Waals surface area contributed by atoms with Gasteiger partial charge in [0.15, 0.2) is 11.2 Å². The van der Waals surface area contributed by atoms with Crippen molar-refractivity contribution in [2.24, 2.45) is 0 Å². The quantitative estimate of drug-likeness (QED) is 0.538. The number of imidazole rings is 1. The first-order valence-electron chi connectivity index (χ1n) is 8.90. The van der Waals surface area contributed by atoms with Gasteiger partial charge in [-0.25, -0.2) is 14.8 Å². The molecule has 28 heavy (non-hydrogen) atoms. The monoisotopic (exact) mass is 395 g/mol. The fraction of sp³-hybridized carbons (Fsp3) is 0.200. The molecule has 0 fully saturated rings. The van der Waals surface area contributed by atoms with Crippen molar-refractivity contribution in [1.29, 1.82) is 0 Å². The Hall–Kier alpha value is -3.19. The van der Waals surface area contributed by atoms with Crippen LogP contribution in [0.25, 0.3) is 22.6 Å². The molecule has 7 nitrogen and oxygen atoms in total. The van der Waals surface area contributed by atoms with E-state index in [9.17, 15) is 9.59 Å². The van der Waals surface area contributed by atoms with E-state index in [1.54, 1.807) is 6.07 Å². The number of hydrogen-bond acceptors (Lipinski definition) is 4. The molecular weight excluding hydrogens is 378 g/mol. The average Bonchev–Trinajstić information content (AvgIpc) is 3.02. The van der Waals surface area contributed by atoms with E-state index in [1.807, 2.05) is 54.8 Å². The van der Waals surface area contributed by atoms with E-state index in [2.05, 4.69) is 15.0 Å². The lowest BCUT2D eigenvalue weighted by molar-refractivity contribution is 0.717. The van der Waals surface area contributed by atoms with Crippen molar-refractivity contribution in [2.75, 3.05) is 0 Å². The summed E-state index contributed by atoms with van der Waals surface area (Å²) >= 11 is 6.01. The average molecular weight is 396 g/mol. The van der Waals surface area contributed by atoms with Gasteiger partial charge in [0.2, 0.25) is 0 Å². The molecule has 0 spiro atoms. The minimum Gasteiger partial charge on any atom is -0.314 e. The first-order chi connectivity index (χ1) is 13.5. The molecule has 1 N–H and O–H groups in total. The second kappa shape index (κ2) is 7.09. The van der Waals surface area contributed by atoms with Crippen LogP contribution in [-0.2, 0) is 13.1 Å². The predicted molar refractivity (Wildman–Crippen MR) is 109 cm³/mol. The van der Waals surface area contributed by atoms with E-state index in [0.29, 0.717) is 40.9 Å². The minimum atomic E-state index is -0.470. The van der Waals surface area contributed by atoms with Gasteiger partial charge >= 0.3 is 5.69 Å². The van der Waals surface area contributed by atoms with Gasteiger partial charge in [-0.1, -0.05) is 41.9 Å². The molecule has 142 valence electrons. The molecule has 8 heteroatoms. The van der Waals surface area contributed by atoms with Gasteiger partial charge < -0.3 is 4.57 Å². The molecule has 0 saturated carbocycles. The highest BCUT2D eigenvalue weighted by molar-refractivity contribution is 6.29. The number of hydrogen-bond donors (Lipinski definition) is 1. The molecule has 0 bridgehead atoms. The number of rotatable bonds is 4. The summed E-state index contributed by atoms with van der Waals surface area (Å²) in [6.45, 7) is 4.50. The first kappa shape index (κ1) is 18.2. The van der Waals surface area contributed by atoms with Crippen LogP contribution in [0.3, 0.4) is 0 Å².